The molecule has 0 nitrogen and oxygen atoms in total. The van der Waals surface area contributed by atoms with Gasteiger partial charge in [-0.05, 0) is 55.7 Å². The van der Waals surface area contributed by atoms with Crippen molar-refractivity contribution >= 4 is 34.8 Å². The first-order valence-electron chi connectivity index (χ1n) is 10.1. The highest BCUT2D eigenvalue weighted by molar-refractivity contribution is 7.95. The fourth-order valence-corrected chi connectivity index (χ4v) is 7.92. The zero-order valence-corrected chi connectivity index (χ0v) is 20.0. The van der Waals surface area contributed by atoms with E-state index in [0.717, 1.165) is 24.9 Å². The summed E-state index contributed by atoms with van der Waals surface area (Å²) in [5.74, 6) is 0.772. The minimum Gasteiger partial charge on any atom is -1.00 e. The van der Waals surface area contributed by atoms with E-state index >= 15 is 0 Å². The largest absolute Gasteiger partial charge is 1.00 e. The molecule has 0 spiro atoms. The van der Waals surface area contributed by atoms with Gasteiger partial charge in [-0.1, -0.05) is 73.2 Å². The quantitative estimate of drug-likeness (QED) is 0.178. The first-order chi connectivity index (χ1) is 13.9. The normalized spacial score (nSPS) is 11.3. The maximum Gasteiger partial charge on any atom is 0.115 e. The Hall–Kier alpha value is -1.40. The molecule has 29 heavy (non-hydrogen) atoms. The second-order valence-electron chi connectivity index (χ2n) is 7.01. The summed E-state index contributed by atoms with van der Waals surface area (Å²) in [5.41, 5.74) is 0. The molecule has 0 N–H and O–H groups in total. The van der Waals surface area contributed by atoms with Crippen LogP contribution in [0.1, 0.15) is 25.7 Å². The standard InChI is InChI=1S/C26H29ClP.BrH/c27-22-14-3-1-2-4-15-23-28(24-16-8-5-9-17-24,25-18-10-6-11-19-25)26-20-12-7-13-21-26;/h4-13,15-21H,1-3,14,22-23H2;1H/q+1;/p-1. The van der Waals surface area contributed by atoms with Gasteiger partial charge in [-0.2, -0.15) is 0 Å². The molecule has 0 saturated carbocycles. The van der Waals surface area contributed by atoms with E-state index in [-0.39, 0.29) is 17.0 Å². The molecule has 0 atom stereocenters. The third kappa shape index (κ3) is 6.29. The zero-order chi connectivity index (χ0) is 19.5. The molecule has 0 saturated heterocycles. The van der Waals surface area contributed by atoms with Crippen molar-refractivity contribution in [3.05, 3.63) is 103 Å². The number of hydrogen-bond acceptors (Lipinski definition) is 0. The van der Waals surface area contributed by atoms with Crippen molar-refractivity contribution < 1.29 is 17.0 Å². The van der Waals surface area contributed by atoms with Crippen LogP contribution in [0.3, 0.4) is 0 Å². The molecule has 0 radical (unpaired) electrons. The molecule has 0 aliphatic heterocycles. The highest BCUT2D eigenvalue weighted by Crippen LogP contribution is 2.55. The minimum absolute atomic E-state index is 0. The fraction of sp³-hybridized carbons (Fsp3) is 0.231. The fourth-order valence-electron chi connectivity index (χ4n) is 3.69. The summed E-state index contributed by atoms with van der Waals surface area (Å²) in [4.78, 5) is 0. The lowest BCUT2D eigenvalue weighted by Crippen LogP contribution is -3.00. The Bertz CT molecular complexity index is 738. The van der Waals surface area contributed by atoms with Crippen molar-refractivity contribution in [3.63, 3.8) is 0 Å². The van der Waals surface area contributed by atoms with Crippen LogP contribution in [0.4, 0.5) is 0 Å². The summed E-state index contributed by atoms with van der Waals surface area (Å²) < 4.78 is 0. The van der Waals surface area contributed by atoms with Gasteiger partial charge in [0.1, 0.15) is 23.2 Å². The number of alkyl halides is 1. The topological polar surface area (TPSA) is 0 Å². The van der Waals surface area contributed by atoms with Crippen molar-refractivity contribution in [1.29, 1.82) is 0 Å². The van der Waals surface area contributed by atoms with E-state index in [2.05, 4.69) is 103 Å². The minimum atomic E-state index is -1.72. The third-order valence-corrected chi connectivity index (χ3v) is 9.71. The molecule has 3 heteroatoms. The summed E-state index contributed by atoms with van der Waals surface area (Å²) in [6.45, 7) is 0. The molecule has 3 aromatic rings. The van der Waals surface area contributed by atoms with Crippen LogP contribution in [0.2, 0.25) is 0 Å². The van der Waals surface area contributed by atoms with E-state index in [1.54, 1.807) is 0 Å². The number of hydrogen-bond donors (Lipinski definition) is 0. The molecular formula is C26H29BrClP. The van der Waals surface area contributed by atoms with Gasteiger partial charge in [0, 0.05) is 5.88 Å². The smallest absolute Gasteiger partial charge is 0.115 e. The number of halogens is 2. The highest BCUT2D eigenvalue weighted by Gasteiger charge is 2.43. The van der Waals surface area contributed by atoms with Crippen molar-refractivity contribution in [1.82, 2.24) is 0 Å². The summed E-state index contributed by atoms with van der Waals surface area (Å²) in [7, 11) is -1.72. The van der Waals surface area contributed by atoms with E-state index in [9.17, 15) is 0 Å². The first-order valence-corrected chi connectivity index (χ1v) is 12.6. The zero-order valence-electron chi connectivity index (χ0n) is 16.8. The van der Waals surface area contributed by atoms with Crippen molar-refractivity contribution in [2.75, 3.05) is 12.0 Å². The number of allylic oxidation sites excluding steroid dienone is 2. The lowest BCUT2D eigenvalue weighted by atomic mass is 10.2. The van der Waals surface area contributed by atoms with E-state index in [1.165, 1.54) is 28.8 Å². The Balaban J connectivity index is 0.00000300. The Morgan fingerprint density at radius 1 is 0.586 bits per heavy atom. The Labute approximate surface area is 192 Å². The van der Waals surface area contributed by atoms with Crippen molar-refractivity contribution in [3.8, 4) is 0 Å². The summed E-state index contributed by atoms with van der Waals surface area (Å²) in [5, 5.41) is 4.33. The monoisotopic (exact) mass is 486 g/mol. The van der Waals surface area contributed by atoms with Gasteiger partial charge in [-0.25, -0.2) is 0 Å². The molecule has 0 heterocycles. The molecule has 0 unspecified atom stereocenters. The van der Waals surface area contributed by atoms with Crippen LogP contribution in [0.25, 0.3) is 0 Å². The maximum atomic E-state index is 5.79. The van der Waals surface area contributed by atoms with E-state index < -0.39 is 7.26 Å². The van der Waals surface area contributed by atoms with Crippen LogP contribution in [0.5, 0.6) is 0 Å². The average Bonchev–Trinajstić information content (AvgIpc) is 2.78. The van der Waals surface area contributed by atoms with Gasteiger partial charge >= 0.3 is 0 Å². The van der Waals surface area contributed by atoms with Crippen LogP contribution in [0, 0.1) is 0 Å². The number of unbranched alkanes of at least 4 members (excludes halogenated alkanes) is 3. The number of rotatable bonds is 10. The molecule has 152 valence electrons. The van der Waals surface area contributed by atoms with Gasteiger partial charge in [-0.15, -0.1) is 11.6 Å². The molecule has 0 aliphatic carbocycles. The Morgan fingerprint density at radius 3 is 1.45 bits per heavy atom. The highest BCUT2D eigenvalue weighted by atomic mass is 79.9. The molecule has 0 bridgehead atoms. The second-order valence-corrected chi connectivity index (χ2v) is 10.9. The van der Waals surface area contributed by atoms with Gasteiger partial charge in [-0.3, -0.25) is 0 Å². The van der Waals surface area contributed by atoms with Crippen LogP contribution >= 0.6 is 18.9 Å². The van der Waals surface area contributed by atoms with Crippen LogP contribution in [-0.4, -0.2) is 12.0 Å². The molecule has 0 amide bonds. The Morgan fingerprint density at radius 2 is 1.03 bits per heavy atom. The third-order valence-electron chi connectivity index (χ3n) is 5.14. The lowest BCUT2D eigenvalue weighted by Gasteiger charge is -2.26. The average molecular weight is 488 g/mol. The predicted octanol–water partition coefficient (Wildman–Crippen LogP) is 3.34. The van der Waals surface area contributed by atoms with Gasteiger partial charge in [0.15, 0.2) is 0 Å². The summed E-state index contributed by atoms with van der Waals surface area (Å²) in [6, 6.07) is 33.2. The van der Waals surface area contributed by atoms with E-state index in [0.29, 0.717) is 0 Å². The van der Waals surface area contributed by atoms with E-state index in [1.807, 2.05) is 0 Å². The molecule has 3 aromatic carbocycles. The van der Waals surface area contributed by atoms with Gasteiger partial charge in [0.05, 0.1) is 6.16 Å². The van der Waals surface area contributed by atoms with E-state index in [4.69, 9.17) is 11.6 Å². The van der Waals surface area contributed by atoms with Crippen LogP contribution in [0.15, 0.2) is 103 Å². The van der Waals surface area contributed by atoms with Gasteiger partial charge in [0.25, 0.3) is 0 Å². The van der Waals surface area contributed by atoms with Gasteiger partial charge < -0.3 is 17.0 Å². The van der Waals surface area contributed by atoms with Crippen LogP contribution < -0.4 is 32.9 Å². The predicted molar refractivity (Wildman–Crippen MR) is 128 cm³/mol. The second kappa shape index (κ2) is 13.0. The van der Waals surface area contributed by atoms with Crippen LogP contribution in [-0.2, 0) is 0 Å². The molecular weight excluding hydrogens is 459 g/mol. The molecule has 0 aromatic heterocycles. The SMILES string of the molecule is ClCCCCCC=CC[P+](c1ccccc1)(c1ccccc1)c1ccccc1.[Br-]. The maximum absolute atomic E-state index is 5.79. The molecule has 3 rings (SSSR count). The molecule has 0 aliphatic rings. The van der Waals surface area contributed by atoms with Crippen molar-refractivity contribution in [2.24, 2.45) is 0 Å². The molecule has 0 fully saturated rings. The Kier molecular flexibility index (Phi) is 10.7. The summed E-state index contributed by atoms with van der Waals surface area (Å²) >= 11 is 5.79. The first kappa shape index (κ1) is 23.9. The van der Waals surface area contributed by atoms with Crippen molar-refractivity contribution in [2.45, 2.75) is 25.7 Å². The lowest BCUT2D eigenvalue weighted by molar-refractivity contribution is -0.00000544. The summed E-state index contributed by atoms with van der Waals surface area (Å²) in [6.07, 6.45) is 10.5. The number of benzene rings is 3. The van der Waals surface area contributed by atoms with Gasteiger partial charge in [0.2, 0.25) is 0 Å².